The van der Waals surface area contributed by atoms with Gasteiger partial charge in [-0.1, -0.05) is 29.8 Å². The fourth-order valence-electron chi connectivity index (χ4n) is 3.83. The summed E-state index contributed by atoms with van der Waals surface area (Å²) in [6.45, 7) is 6.29. The van der Waals surface area contributed by atoms with E-state index in [1.165, 1.54) is 24.3 Å². The molecule has 188 valence electrons. The number of aliphatic carboxylic acids is 2. The van der Waals surface area contributed by atoms with Crippen molar-refractivity contribution in [3.63, 3.8) is 0 Å². The number of hydrogen-bond donors (Lipinski definition) is 4. The number of carbonyl (C=O) groups is 2. The number of aliphatic hydroxyl groups is 1. The van der Waals surface area contributed by atoms with Crippen LogP contribution >= 0.6 is 11.6 Å². The van der Waals surface area contributed by atoms with Crippen molar-refractivity contribution in [2.75, 3.05) is 12.3 Å². The van der Waals surface area contributed by atoms with Crippen LogP contribution in [0.25, 0.3) is 16.0 Å². The van der Waals surface area contributed by atoms with Gasteiger partial charge in [-0.3, -0.25) is 4.57 Å². The number of alkyl halides is 1. The molecule has 36 heavy (non-hydrogen) atoms. The first-order valence-corrected chi connectivity index (χ1v) is 10.7. The van der Waals surface area contributed by atoms with Gasteiger partial charge in [-0.05, 0) is 11.6 Å². The minimum atomic E-state index is -2.80. The second-order valence-electron chi connectivity index (χ2n) is 7.91. The van der Waals surface area contributed by atoms with Crippen molar-refractivity contribution >= 4 is 46.2 Å². The van der Waals surface area contributed by atoms with Crippen molar-refractivity contribution in [3.8, 4) is 0 Å². The van der Waals surface area contributed by atoms with Crippen molar-refractivity contribution < 1.29 is 38.8 Å². The lowest BCUT2D eigenvalue weighted by molar-refractivity contribution is -0.190. The SMILES string of the molecule is [C-]#[N+]c1cccc(CC(OC[C@H]2O[C@@H](n3cnc4c(N)nc(Cl)nc43)[C@@H](F)[C@@H]2O)(C(=O)O)C(=O)O)c1. The lowest BCUT2D eigenvalue weighted by atomic mass is 9.94. The quantitative estimate of drug-likeness (QED) is 0.191. The number of ether oxygens (including phenoxy) is 2. The number of nitrogen functional groups attached to an aromatic ring is 1. The normalized spacial score (nSPS) is 21.9. The van der Waals surface area contributed by atoms with Gasteiger partial charge in [0.05, 0.1) is 19.5 Å². The van der Waals surface area contributed by atoms with Gasteiger partial charge in [-0.15, -0.1) is 0 Å². The van der Waals surface area contributed by atoms with Crippen LogP contribution in [-0.4, -0.2) is 77.4 Å². The Bertz CT molecular complexity index is 1360. The second-order valence-corrected chi connectivity index (χ2v) is 8.25. The number of aliphatic hydroxyl groups excluding tert-OH is 1. The standard InChI is InChI=1S/C21H18ClFN6O7/c1-25-10-4-2-3-9(5-10)6-21(18(31)32,19(33)34)35-7-11-14(30)12(23)17(36-11)29-8-26-13-15(24)27-20(22)28-16(13)29/h2-5,8,11-12,14,17,30H,6-7H2,(H,31,32)(H,33,34)(H2,24,27,28)/t11-,12+,14-,17-/m1/s1. The molecule has 15 heteroatoms. The average Bonchev–Trinajstić information content (AvgIpc) is 3.37. The van der Waals surface area contributed by atoms with Crippen molar-refractivity contribution in [2.45, 2.75) is 36.6 Å². The van der Waals surface area contributed by atoms with Crippen LogP contribution in [0.3, 0.4) is 0 Å². The zero-order chi connectivity index (χ0) is 26.2. The zero-order valence-electron chi connectivity index (χ0n) is 18.2. The molecule has 0 radical (unpaired) electrons. The van der Waals surface area contributed by atoms with Crippen LogP contribution in [0, 0.1) is 6.57 Å². The van der Waals surface area contributed by atoms with E-state index in [4.69, 9.17) is 33.4 Å². The molecule has 4 atom stereocenters. The van der Waals surface area contributed by atoms with Gasteiger partial charge in [0.1, 0.15) is 17.7 Å². The second kappa shape index (κ2) is 9.63. The maximum atomic E-state index is 15.0. The first kappa shape index (κ1) is 25.2. The molecule has 4 rings (SSSR count). The number of nitrogens with two attached hydrogens (primary N) is 1. The molecule has 0 bridgehead atoms. The summed E-state index contributed by atoms with van der Waals surface area (Å²) in [7, 11) is 0. The van der Waals surface area contributed by atoms with Crippen molar-refractivity contribution in [1.82, 2.24) is 19.5 Å². The molecule has 0 spiro atoms. The van der Waals surface area contributed by atoms with E-state index in [0.29, 0.717) is 0 Å². The Balaban J connectivity index is 1.58. The molecule has 1 fully saturated rings. The minimum absolute atomic E-state index is 0.0269. The Morgan fingerprint density at radius 1 is 1.33 bits per heavy atom. The highest BCUT2D eigenvalue weighted by molar-refractivity contribution is 6.28. The van der Waals surface area contributed by atoms with Crippen molar-refractivity contribution in [1.29, 1.82) is 0 Å². The molecule has 0 amide bonds. The zero-order valence-corrected chi connectivity index (χ0v) is 18.9. The summed E-state index contributed by atoms with van der Waals surface area (Å²) in [6, 6.07) is 5.71. The third kappa shape index (κ3) is 4.40. The highest BCUT2D eigenvalue weighted by Gasteiger charge is 2.52. The summed E-state index contributed by atoms with van der Waals surface area (Å²) < 4.78 is 27.0. The van der Waals surface area contributed by atoms with E-state index in [1.807, 2.05) is 0 Å². The Labute approximate surface area is 206 Å². The lowest BCUT2D eigenvalue weighted by Crippen LogP contribution is -2.52. The van der Waals surface area contributed by atoms with Crippen LogP contribution in [0.4, 0.5) is 15.9 Å². The number of rotatable bonds is 8. The van der Waals surface area contributed by atoms with E-state index >= 15 is 4.39 Å². The van der Waals surface area contributed by atoms with Gasteiger partial charge in [-0.25, -0.2) is 23.8 Å². The van der Waals surface area contributed by atoms with Crippen LogP contribution in [0.15, 0.2) is 30.6 Å². The first-order valence-electron chi connectivity index (χ1n) is 10.3. The highest BCUT2D eigenvalue weighted by Crippen LogP contribution is 2.35. The summed E-state index contributed by atoms with van der Waals surface area (Å²) in [5, 5.41) is 29.7. The van der Waals surface area contributed by atoms with Crippen LogP contribution in [-0.2, 0) is 25.5 Å². The van der Waals surface area contributed by atoms with Crippen LogP contribution < -0.4 is 5.73 Å². The molecule has 2 aromatic heterocycles. The van der Waals surface area contributed by atoms with E-state index < -0.39 is 55.2 Å². The molecule has 1 aliphatic heterocycles. The molecule has 1 aromatic carbocycles. The number of benzene rings is 1. The van der Waals surface area contributed by atoms with Crippen LogP contribution in [0.1, 0.15) is 11.8 Å². The number of carboxylic acid groups (broad SMARTS) is 2. The molecule has 1 saturated heterocycles. The van der Waals surface area contributed by atoms with Gasteiger partial charge in [0.15, 0.2) is 29.6 Å². The summed E-state index contributed by atoms with van der Waals surface area (Å²) >= 11 is 5.82. The monoisotopic (exact) mass is 520 g/mol. The van der Waals surface area contributed by atoms with Gasteiger partial charge in [0, 0.05) is 6.42 Å². The predicted molar refractivity (Wildman–Crippen MR) is 120 cm³/mol. The number of hydrogen-bond acceptors (Lipinski definition) is 9. The molecular weight excluding hydrogens is 503 g/mol. The molecule has 1 aliphatic rings. The highest BCUT2D eigenvalue weighted by atomic mass is 35.5. The largest absolute Gasteiger partial charge is 0.479 e. The molecule has 0 saturated carbocycles. The molecule has 0 aliphatic carbocycles. The maximum absolute atomic E-state index is 15.0. The van der Waals surface area contributed by atoms with Gasteiger partial charge < -0.3 is 30.5 Å². The molecule has 5 N–H and O–H groups in total. The average molecular weight is 521 g/mol. The van der Waals surface area contributed by atoms with Crippen molar-refractivity contribution in [3.05, 3.63) is 52.9 Å². The van der Waals surface area contributed by atoms with E-state index in [-0.39, 0.29) is 33.5 Å². The number of anilines is 1. The Hall–Kier alpha value is -3.90. The number of halogens is 2. The predicted octanol–water partition coefficient (Wildman–Crippen LogP) is 1.38. The maximum Gasteiger partial charge on any atom is 0.348 e. The smallest absolute Gasteiger partial charge is 0.348 e. The van der Waals surface area contributed by atoms with Gasteiger partial charge in [0.25, 0.3) is 5.60 Å². The van der Waals surface area contributed by atoms with E-state index in [0.717, 1.165) is 10.9 Å². The fourth-order valence-corrected chi connectivity index (χ4v) is 4.00. The van der Waals surface area contributed by atoms with E-state index in [2.05, 4.69) is 19.8 Å². The molecule has 0 unspecified atom stereocenters. The number of fused-ring (bicyclic) bond motifs is 1. The number of nitrogens with zero attached hydrogens (tertiary/aromatic N) is 5. The van der Waals surface area contributed by atoms with Crippen LogP contribution in [0.2, 0.25) is 5.28 Å². The Morgan fingerprint density at radius 2 is 2.06 bits per heavy atom. The third-order valence-corrected chi connectivity index (χ3v) is 5.84. The van der Waals surface area contributed by atoms with Crippen molar-refractivity contribution in [2.24, 2.45) is 0 Å². The topological polar surface area (TPSA) is 187 Å². The van der Waals surface area contributed by atoms with Gasteiger partial charge in [0.2, 0.25) is 5.28 Å². The minimum Gasteiger partial charge on any atom is -0.479 e. The molecule has 3 heterocycles. The summed E-state index contributed by atoms with van der Waals surface area (Å²) in [5.41, 5.74) is 3.47. The summed E-state index contributed by atoms with van der Waals surface area (Å²) in [6.07, 6.45) is -6.29. The number of aromatic nitrogens is 4. The lowest BCUT2D eigenvalue weighted by Gasteiger charge is -2.27. The summed E-state index contributed by atoms with van der Waals surface area (Å²) in [5.74, 6) is -3.72. The molecule has 13 nitrogen and oxygen atoms in total. The fraction of sp³-hybridized carbons (Fsp3) is 0.333. The van der Waals surface area contributed by atoms with Gasteiger partial charge >= 0.3 is 11.9 Å². The Kier molecular flexibility index (Phi) is 6.74. The molecular formula is C21H18ClFN6O7. The summed E-state index contributed by atoms with van der Waals surface area (Å²) in [4.78, 5) is 39.0. The van der Waals surface area contributed by atoms with E-state index in [9.17, 15) is 24.9 Å². The van der Waals surface area contributed by atoms with Crippen LogP contribution in [0.5, 0.6) is 0 Å². The first-order chi connectivity index (χ1) is 17.1. The number of carboxylic acids is 2. The van der Waals surface area contributed by atoms with Gasteiger partial charge in [-0.2, -0.15) is 9.97 Å². The number of imidazole rings is 1. The van der Waals surface area contributed by atoms with E-state index in [1.54, 1.807) is 0 Å². The Morgan fingerprint density at radius 3 is 2.72 bits per heavy atom. The molecule has 3 aromatic rings. The third-order valence-electron chi connectivity index (χ3n) is 5.67.